The molecule has 0 unspecified atom stereocenters. The molecule has 35 heavy (non-hydrogen) atoms. The topological polar surface area (TPSA) is 86.2 Å². The molecule has 0 spiro atoms. The average Bonchev–Trinajstić information content (AvgIpc) is 2.84. The van der Waals surface area contributed by atoms with Crippen LogP contribution >= 0.6 is 23.2 Å². The summed E-state index contributed by atoms with van der Waals surface area (Å²) in [6.07, 6.45) is 2.36. The number of hydrazone groups is 1. The van der Waals surface area contributed by atoms with Crippen molar-refractivity contribution in [2.24, 2.45) is 5.10 Å². The van der Waals surface area contributed by atoms with Crippen LogP contribution in [0.25, 0.3) is 0 Å². The van der Waals surface area contributed by atoms with Gasteiger partial charge in [0, 0.05) is 10.6 Å². The second kappa shape index (κ2) is 12.8. The van der Waals surface area contributed by atoms with Crippen molar-refractivity contribution in [2.75, 3.05) is 13.2 Å². The SMILES string of the molecule is CCCOc1ccc(C(=O)NN=Cc2ccc(OC(=O)c3ccc(Cl)cc3Cl)c(OCC)c2)cc1. The zero-order chi connectivity index (χ0) is 25.2. The standard InChI is InChI=1S/C26H24Cl2N2O5/c1-3-13-34-20-9-6-18(7-10-20)25(31)30-29-16-17-5-12-23(24(14-17)33-4-2)35-26(32)21-11-8-19(27)15-22(21)28/h5-12,14-16H,3-4,13H2,1-2H3,(H,30,31). The number of carbonyl (C=O) groups excluding carboxylic acids is 2. The number of hydrogen-bond acceptors (Lipinski definition) is 6. The summed E-state index contributed by atoms with van der Waals surface area (Å²) < 4.78 is 16.6. The van der Waals surface area contributed by atoms with Crippen molar-refractivity contribution in [1.82, 2.24) is 5.43 Å². The zero-order valence-corrected chi connectivity index (χ0v) is 20.7. The molecule has 0 aromatic heterocycles. The van der Waals surface area contributed by atoms with Crippen molar-refractivity contribution >= 4 is 41.3 Å². The Kier molecular flexibility index (Phi) is 9.52. The predicted molar refractivity (Wildman–Crippen MR) is 136 cm³/mol. The highest BCUT2D eigenvalue weighted by Gasteiger charge is 2.16. The normalized spacial score (nSPS) is 10.7. The van der Waals surface area contributed by atoms with Crippen molar-refractivity contribution in [3.05, 3.63) is 87.4 Å². The van der Waals surface area contributed by atoms with Gasteiger partial charge in [-0.15, -0.1) is 0 Å². The van der Waals surface area contributed by atoms with Crippen LogP contribution in [0.3, 0.4) is 0 Å². The first-order valence-corrected chi connectivity index (χ1v) is 11.7. The van der Waals surface area contributed by atoms with Gasteiger partial charge in [-0.1, -0.05) is 30.1 Å². The summed E-state index contributed by atoms with van der Waals surface area (Å²) in [6, 6.07) is 16.2. The number of nitrogens with zero attached hydrogens (tertiary/aromatic N) is 1. The third kappa shape index (κ3) is 7.47. The van der Waals surface area contributed by atoms with Crippen LogP contribution in [-0.2, 0) is 0 Å². The Morgan fingerprint density at radius 1 is 0.943 bits per heavy atom. The fourth-order valence-electron chi connectivity index (χ4n) is 2.92. The van der Waals surface area contributed by atoms with Gasteiger partial charge in [-0.2, -0.15) is 5.10 Å². The molecule has 0 bridgehead atoms. The molecule has 0 saturated heterocycles. The molecule has 3 aromatic rings. The summed E-state index contributed by atoms with van der Waals surface area (Å²) >= 11 is 12.0. The molecule has 9 heteroatoms. The molecule has 3 aromatic carbocycles. The lowest BCUT2D eigenvalue weighted by Gasteiger charge is -2.12. The summed E-state index contributed by atoms with van der Waals surface area (Å²) in [4.78, 5) is 24.9. The highest BCUT2D eigenvalue weighted by molar-refractivity contribution is 6.36. The van der Waals surface area contributed by atoms with E-state index in [1.54, 1.807) is 55.5 Å². The van der Waals surface area contributed by atoms with E-state index >= 15 is 0 Å². The number of halogens is 2. The number of rotatable bonds is 10. The molecular weight excluding hydrogens is 491 g/mol. The van der Waals surface area contributed by atoms with Crippen LogP contribution in [-0.4, -0.2) is 31.3 Å². The maximum absolute atomic E-state index is 12.6. The van der Waals surface area contributed by atoms with Gasteiger partial charge in [-0.05, 0) is 79.6 Å². The number of carbonyl (C=O) groups is 2. The Bertz CT molecular complexity index is 1210. The van der Waals surface area contributed by atoms with Gasteiger partial charge in [0.25, 0.3) is 5.91 Å². The molecule has 0 heterocycles. The van der Waals surface area contributed by atoms with Gasteiger partial charge in [0.1, 0.15) is 5.75 Å². The van der Waals surface area contributed by atoms with Crippen LogP contribution in [0.4, 0.5) is 0 Å². The smallest absolute Gasteiger partial charge is 0.345 e. The summed E-state index contributed by atoms with van der Waals surface area (Å²) in [6.45, 7) is 4.80. The van der Waals surface area contributed by atoms with Crippen LogP contribution in [0.15, 0.2) is 65.8 Å². The van der Waals surface area contributed by atoms with Gasteiger partial charge in [0.15, 0.2) is 11.5 Å². The minimum Gasteiger partial charge on any atom is -0.494 e. The molecule has 0 fully saturated rings. The minimum atomic E-state index is -0.646. The quantitative estimate of drug-likeness (QED) is 0.151. The Balaban J connectivity index is 1.66. The molecule has 0 aliphatic carbocycles. The van der Waals surface area contributed by atoms with Gasteiger partial charge in [0.05, 0.1) is 30.0 Å². The van der Waals surface area contributed by atoms with Gasteiger partial charge in [-0.25, -0.2) is 10.2 Å². The van der Waals surface area contributed by atoms with Crippen LogP contribution in [0.2, 0.25) is 10.0 Å². The number of ether oxygens (including phenoxy) is 3. The lowest BCUT2D eigenvalue weighted by Crippen LogP contribution is -2.17. The molecule has 1 N–H and O–H groups in total. The number of amides is 1. The maximum Gasteiger partial charge on any atom is 0.345 e. The van der Waals surface area contributed by atoms with Crippen molar-refractivity contribution in [1.29, 1.82) is 0 Å². The van der Waals surface area contributed by atoms with E-state index in [2.05, 4.69) is 10.5 Å². The molecule has 0 aliphatic heterocycles. The monoisotopic (exact) mass is 514 g/mol. The Morgan fingerprint density at radius 3 is 2.40 bits per heavy atom. The fraction of sp³-hybridized carbons (Fsp3) is 0.192. The summed E-state index contributed by atoms with van der Waals surface area (Å²) in [5.41, 5.74) is 3.73. The van der Waals surface area contributed by atoms with Crippen LogP contribution in [0, 0.1) is 0 Å². The van der Waals surface area contributed by atoms with Gasteiger partial charge in [0.2, 0.25) is 0 Å². The van der Waals surface area contributed by atoms with E-state index in [4.69, 9.17) is 37.4 Å². The van der Waals surface area contributed by atoms with Gasteiger partial charge >= 0.3 is 5.97 Å². The van der Waals surface area contributed by atoms with Gasteiger partial charge in [-0.3, -0.25) is 4.79 Å². The first-order valence-electron chi connectivity index (χ1n) is 10.9. The highest BCUT2D eigenvalue weighted by atomic mass is 35.5. The Hall–Kier alpha value is -3.55. The Morgan fingerprint density at radius 2 is 1.71 bits per heavy atom. The lowest BCUT2D eigenvalue weighted by atomic mass is 10.2. The first-order chi connectivity index (χ1) is 16.9. The van der Waals surface area contributed by atoms with Crippen LogP contribution < -0.4 is 19.6 Å². The van der Waals surface area contributed by atoms with E-state index in [0.717, 1.165) is 6.42 Å². The minimum absolute atomic E-state index is 0.178. The molecule has 0 aliphatic rings. The van der Waals surface area contributed by atoms with Crippen molar-refractivity contribution in [3.8, 4) is 17.2 Å². The van der Waals surface area contributed by atoms with E-state index in [1.807, 2.05) is 6.92 Å². The molecule has 3 rings (SSSR count). The fourth-order valence-corrected chi connectivity index (χ4v) is 3.41. The average molecular weight is 515 g/mol. The molecule has 182 valence electrons. The molecule has 0 atom stereocenters. The molecular formula is C26H24Cl2N2O5. The van der Waals surface area contributed by atoms with E-state index < -0.39 is 5.97 Å². The Labute approximate surface area is 213 Å². The number of esters is 1. The molecule has 0 saturated carbocycles. The number of nitrogens with one attached hydrogen (secondary N) is 1. The number of benzene rings is 3. The van der Waals surface area contributed by atoms with E-state index in [0.29, 0.717) is 40.9 Å². The van der Waals surface area contributed by atoms with Crippen molar-refractivity contribution in [2.45, 2.75) is 20.3 Å². The van der Waals surface area contributed by atoms with Gasteiger partial charge < -0.3 is 14.2 Å². The van der Waals surface area contributed by atoms with E-state index in [1.165, 1.54) is 18.3 Å². The van der Waals surface area contributed by atoms with Crippen LogP contribution in [0.1, 0.15) is 46.5 Å². The second-order valence-electron chi connectivity index (χ2n) is 7.22. The van der Waals surface area contributed by atoms with Crippen molar-refractivity contribution in [3.63, 3.8) is 0 Å². The third-order valence-corrected chi connectivity index (χ3v) is 5.14. The predicted octanol–water partition coefficient (Wildman–Crippen LogP) is 6.16. The van der Waals surface area contributed by atoms with Crippen LogP contribution in [0.5, 0.6) is 17.2 Å². The van der Waals surface area contributed by atoms with E-state index in [9.17, 15) is 9.59 Å². The largest absolute Gasteiger partial charge is 0.494 e. The third-order valence-electron chi connectivity index (χ3n) is 4.59. The molecule has 7 nitrogen and oxygen atoms in total. The molecule has 1 amide bonds. The number of hydrogen-bond donors (Lipinski definition) is 1. The van der Waals surface area contributed by atoms with E-state index in [-0.39, 0.29) is 22.2 Å². The summed E-state index contributed by atoms with van der Waals surface area (Å²) in [5, 5.41) is 4.60. The summed E-state index contributed by atoms with van der Waals surface area (Å²) in [5.74, 6) is 0.249. The second-order valence-corrected chi connectivity index (χ2v) is 8.07. The maximum atomic E-state index is 12.6. The first kappa shape index (κ1) is 26.1. The zero-order valence-electron chi connectivity index (χ0n) is 19.2. The molecule has 0 radical (unpaired) electrons. The van der Waals surface area contributed by atoms with Crippen molar-refractivity contribution < 1.29 is 23.8 Å². The summed E-state index contributed by atoms with van der Waals surface area (Å²) in [7, 11) is 0. The lowest BCUT2D eigenvalue weighted by molar-refractivity contribution is 0.0728. The highest BCUT2D eigenvalue weighted by Crippen LogP contribution is 2.30.